The van der Waals surface area contributed by atoms with Crippen molar-refractivity contribution in [2.24, 2.45) is 0 Å². The molecule has 1 heterocycles. The molecule has 0 bridgehead atoms. The van der Waals surface area contributed by atoms with Crippen molar-refractivity contribution < 1.29 is 14.1 Å². The van der Waals surface area contributed by atoms with Crippen molar-refractivity contribution in [3.63, 3.8) is 0 Å². The van der Waals surface area contributed by atoms with Gasteiger partial charge in [-0.1, -0.05) is 24.2 Å². The lowest BCUT2D eigenvalue weighted by Gasteiger charge is -2.02. The fraction of sp³-hybridized carbons (Fsp3) is 0.400. The van der Waals surface area contributed by atoms with E-state index in [0.29, 0.717) is 24.6 Å². The van der Waals surface area contributed by atoms with E-state index in [4.69, 9.17) is 9.26 Å². The zero-order chi connectivity index (χ0) is 14.5. The number of carbonyl (C=O) groups excluding carboxylic acids is 1. The van der Waals surface area contributed by atoms with Crippen molar-refractivity contribution in [3.05, 3.63) is 41.5 Å². The van der Waals surface area contributed by atoms with E-state index in [1.807, 2.05) is 31.2 Å². The number of hydrogen-bond acceptors (Lipinski definition) is 5. The first-order valence-electron chi connectivity index (χ1n) is 6.62. The Morgan fingerprint density at radius 3 is 2.95 bits per heavy atom. The van der Waals surface area contributed by atoms with Crippen LogP contribution >= 0.6 is 0 Å². The van der Waals surface area contributed by atoms with Crippen molar-refractivity contribution in [1.29, 1.82) is 0 Å². The molecule has 2 aromatic rings. The van der Waals surface area contributed by atoms with Gasteiger partial charge < -0.3 is 9.26 Å². The largest absolute Gasteiger partial charge is 0.497 e. The highest BCUT2D eigenvalue weighted by atomic mass is 16.5. The van der Waals surface area contributed by atoms with E-state index in [1.165, 1.54) is 0 Å². The first kappa shape index (κ1) is 14.2. The average Bonchev–Trinajstić information content (AvgIpc) is 2.94. The molecule has 1 unspecified atom stereocenters. The van der Waals surface area contributed by atoms with E-state index >= 15 is 0 Å². The molecule has 0 spiro atoms. The number of rotatable bonds is 6. The first-order valence-corrected chi connectivity index (χ1v) is 6.62. The molecule has 0 N–H and O–H groups in total. The summed E-state index contributed by atoms with van der Waals surface area (Å²) in [6, 6.07) is 7.70. The van der Waals surface area contributed by atoms with Crippen LogP contribution in [0.15, 0.2) is 28.8 Å². The Hall–Kier alpha value is -2.17. The van der Waals surface area contributed by atoms with Gasteiger partial charge in [0.25, 0.3) is 0 Å². The van der Waals surface area contributed by atoms with Crippen LogP contribution in [-0.4, -0.2) is 23.0 Å². The molecule has 1 aromatic carbocycles. The number of hydrogen-bond donors (Lipinski definition) is 0. The van der Waals surface area contributed by atoms with Crippen molar-refractivity contribution in [3.8, 4) is 5.75 Å². The molecule has 0 aliphatic heterocycles. The highest BCUT2D eigenvalue weighted by molar-refractivity contribution is 5.83. The van der Waals surface area contributed by atoms with Crippen LogP contribution in [0.5, 0.6) is 5.75 Å². The first-order chi connectivity index (χ1) is 9.63. The Morgan fingerprint density at radius 2 is 2.25 bits per heavy atom. The van der Waals surface area contributed by atoms with Crippen molar-refractivity contribution in [1.82, 2.24) is 10.1 Å². The predicted octanol–water partition coefficient (Wildman–Crippen LogP) is 2.75. The minimum Gasteiger partial charge on any atom is -0.497 e. The molecule has 5 heteroatoms. The Labute approximate surface area is 118 Å². The number of Topliss-reactive ketones (excluding diaryl/α,β-unsaturated/α-hetero) is 1. The molecule has 0 aliphatic carbocycles. The van der Waals surface area contributed by atoms with Crippen LogP contribution in [0.4, 0.5) is 0 Å². The van der Waals surface area contributed by atoms with Gasteiger partial charge in [-0.25, -0.2) is 0 Å². The number of ketones is 1. The van der Waals surface area contributed by atoms with Crippen LogP contribution in [0.3, 0.4) is 0 Å². The van der Waals surface area contributed by atoms with E-state index in [1.54, 1.807) is 14.0 Å². The summed E-state index contributed by atoms with van der Waals surface area (Å²) < 4.78 is 10.3. The second-order valence-electron chi connectivity index (χ2n) is 4.62. The number of ether oxygens (including phenoxy) is 1. The maximum atomic E-state index is 11.6. The highest BCUT2D eigenvalue weighted by Crippen LogP contribution is 2.18. The van der Waals surface area contributed by atoms with Crippen molar-refractivity contribution in [2.75, 3.05) is 7.11 Å². The Balaban J connectivity index is 2.11. The van der Waals surface area contributed by atoms with E-state index in [2.05, 4.69) is 10.1 Å². The summed E-state index contributed by atoms with van der Waals surface area (Å²) in [4.78, 5) is 15.9. The molecule has 20 heavy (non-hydrogen) atoms. The SMILES string of the molecule is CCC(=O)C(C)c1nc(Cc2cccc(OC)c2)no1. The molecule has 0 saturated heterocycles. The summed E-state index contributed by atoms with van der Waals surface area (Å²) in [5.41, 5.74) is 1.03. The molecule has 0 fully saturated rings. The summed E-state index contributed by atoms with van der Waals surface area (Å²) in [5, 5.41) is 3.93. The summed E-state index contributed by atoms with van der Waals surface area (Å²) in [7, 11) is 1.63. The van der Waals surface area contributed by atoms with Gasteiger partial charge in [-0.15, -0.1) is 0 Å². The second kappa shape index (κ2) is 6.32. The highest BCUT2D eigenvalue weighted by Gasteiger charge is 2.20. The van der Waals surface area contributed by atoms with E-state index < -0.39 is 0 Å². The van der Waals surface area contributed by atoms with E-state index in [9.17, 15) is 4.79 Å². The fourth-order valence-corrected chi connectivity index (χ4v) is 1.92. The number of methoxy groups -OCH3 is 1. The van der Waals surface area contributed by atoms with Crippen LogP contribution in [0, 0.1) is 0 Å². The predicted molar refractivity (Wildman–Crippen MR) is 73.8 cm³/mol. The molecule has 5 nitrogen and oxygen atoms in total. The van der Waals surface area contributed by atoms with Gasteiger partial charge in [-0.2, -0.15) is 4.98 Å². The van der Waals surface area contributed by atoms with E-state index in [-0.39, 0.29) is 11.7 Å². The topological polar surface area (TPSA) is 65.2 Å². The summed E-state index contributed by atoms with van der Waals surface area (Å²) in [6.07, 6.45) is 1.02. The Morgan fingerprint density at radius 1 is 1.45 bits per heavy atom. The smallest absolute Gasteiger partial charge is 0.236 e. The second-order valence-corrected chi connectivity index (χ2v) is 4.62. The van der Waals surface area contributed by atoms with Gasteiger partial charge in [-0.05, 0) is 24.6 Å². The van der Waals surface area contributed by atoms with Crippen LogP contribution in [0.25, 0.3) is 0 Å². The number of nitrogens with zero attached hydrogens (tertiary/aromatic N) is 2. The van der Waals surface area contributed by atoms with Crippen molar-refractivity contribution >= 4 is 5.78 Å². The van der Waals surface area contributed by atoms with Crippen LogP contribution < -0.4 is 4.74 Å². The molecule has 2 rings (SSSR count). The molecular weight excluding hydrogens is 256 g/mol. The standard InChI is InChI=1S/C15H18N2O3/c1-4-13(18)10(2)15-16-14(17-20-15)9-11-6-5-7-12(8-11)19-3/h5-8,10H,4,9H2,1-3H3. The Bertz CT molecular complexity index is 592. The van der Waals surface area contributed by atoms with Gasteiger partial charge in [0.2, 0.25) is 5.89 Å². The van der Waals surface area contributed by atoms with Gasteiger partial charge in [0.05, 0.1) is 13.0 Å². The molecule has 0 radical (unpaired) electrons. The van der Waals surface area contributed by atoms with Gasteiger partial charge in [0, 0.05) is 12.8 Å². The van der Waals surface area contributed by atoms with Gasteiger partial charge in [0.15, 0.2) is 5.82 Å². The third-order valence-electron chi connectivity index (χ3n) is 3.18. The molecule has 0 aliphatic rings. The number of benzene rings is 1. The number of aromatic nitrogens is 2. The number of carbonyl (C=O) groups is 1. The Kier molecular flexibility index (Phi) is 4.50. The van der Waals surface area contributed by atoms with Crippen molar-refractivity contribution in [2.45, 2.75) is 32.6 Å². The van der Waals surface area contributed by atoms with Crippen LogP contribution in [0.1, 0.15) is 43.5 Å². The van der Waals surface area contributed by atoms with Gasteiger partial charge in [-0.3, -0.25) is 4.79 Å². The minimum absolute atomic E-state index is 0.0987. The summed E-state index contributed by atoms with van der Waals surface area (Å²) in [6.45, 7) is 3.61. The molecular formula is C15H18N2O3. The van der Waals surface area contributed by atoms with Crippen LogP contribution in [0.2, 0.25) is 0 Å². The van der Waals surface area contributed by atoms with Crippen LogP contribution in [-0.2, 0) is 11.2 Å². The maximum Gasteiger partial charge on any atom is 0.236 e. The minimum atomic E-state index is -0.341. The molecule has 1 atom stereocenters. The molecule has 106 valence electrons. The summed E-state index contributed by atoms with van der Waals surface area (Å²) >= 11 is 0. The third kappa shape index (κ3) is 3.23. The summed E-state index contributed by atoms with van der Waals surface area (Å²) in [5.74, 6) is 1.51. The lowest BCUT2D eigenvalue weighted by atomic mass is 10.1. The maximum absolute atomic E-state index is 11.6. The lowest BCUT2D eigenvalue weighted by molar-refractivity contribution is -0.120. The zero-order valence-electron chi connectivity index (χ0n) is 11.9. The fourth-order valence-electron chi connectivity index (χ4n) is 1.92. The monoisotopic (exact) mass is 274 g/mol. The molecule has 0 saturated carbocycles. The molecule has 1 aromatic heterocycles. The third-order valence-corrected chi connectivity index (χ3v) is 3.18. The zero-order valence-corrected chi connectivity index (χ0v) is 11.9. The van der Waals surface area contributed by atoms with Gasteiger partial charge >= 0.3 is 0 Å². The quantitative estimate of drug-likeness (QED) is 0.810. The normalized spacial score (nSPS) is 12.2. The lowest BCUT2D eigenvalue weighted by Crippen LogP contribution is -2.07. The molecule has 0 amide bonds. The van der Waals surface area contributed by atoms with E-state index in [0.717, 1.165) is 11.3 Å². The average molecular weight is 274 g/mol. The van der Waals surface area contributed by atoms with Gasteiger partial charge in [0.1, 0.15) is 11.5 Å².